The molecule has 1 aromatic carbocycles. The number of carbonyl (C=O) groups is 1. The zero-order valence-corrected chi connectivity index (χ0v) is 13.7. The second-order valence-corrected chi connectivity index (χ2v) is 5.78. The number of para-hydroxylation sites is 1. The van der Waals surface area contributed by atoms with Crippen LogP contribution in [0.5, 0.6) is 0 Å². The van der Waals surface area contributed by atoms with Gasteiger partial charge >= 0.3 is 5.97 Å². The second kappa shape index (κ2) is 6.51. The number of anilines is 1. The summed E-state index contributed by atoms with van der Waals surface area (Å²) in [7, 11) is 0. The third-order valence-corrected chi connectivity index (χ3v) is 3.85. The number of nitrogens with two attached hydrogens (primary N) is 1. The highest BCUT2D eigenvalue weighted by Gasteiger charge is 2.14. The molecule has 0 fully saturated rings. The van der Waals surface area contributed by atoms with Crippen molar-refractivity contribution in [3.8, 4) is 0 Å². The van der Waals surface area contributed by atoms with Gasteiger partial charge in [0.25, 0.3) is 5.56 Å². The van der Waals surface area contributed by atoms with Gasteiger partial charge in [0.05, 0.1) is 27.0 Å². The lowest BCUT2D eigenvalue weighted by atomic mass is 10.2. The summed E-state index contributed by atoms with van der Waals surface area (Å²) < 4.78 is 6.47. The Morgan fingerprint density at radius 2 is 2.04 bits per heavy atom. The van der Waals surface area contributed by atoms with Crippen LogP contribution in [0.25, 0.3) is 5.65 Å². The largest absolute Gasteiger partial charge is 0.456 e. The van der Waals surface area contributed by atoms with E-state index in [9.17, 15) is 9.59 Å². The molecule has 0 unspecified atom stereocenters. The Bertz CT molecular complexity index is 1000. The SMILES string of the molecule is Nc1c(Cl)cccc1C(=O)OCc1cc(=O)n2cc(Cl)ccc2n1. The Morgan fingerprint density at radius 1 is 1.25 bits per heavy atom. The lowest BCUT2D eigenvalue weighted by molar-refractivity contribution is 0.0469. The molecule has 2 aromatic heterocycles. The summed E-state index contributed by atoms with van der Waals surface area (Å²) in [5.74, 6) is -0.645. The van der Waals surface area contributed by atoms with E-state index in [0.717, 1.165) is 0 Å². The van der Waals surface area contributed by atoms with Gasteiger partial charge in [-0.05, 0) is 24.3 Å². The Hall–Kier alpha value is -2.57. The number of carbonyl (C=O) groups excluding carboxylic acids is 1. The van der Waals surface area contributed by atoms with E-state index in [-0.39, 0.29) is 28.4 Å². The van der Waals surface area contributed by atoms with Crippen LogP contribution in [0, 0.1) is 0 Å². The summed E-state index contributed by atoms with van der Waals surface area (Å²) in [5, 5.41) is 0.686. The number of rotatable bonds is 3. The predicted octanol–water partition coefficient (Wildman–Crippen LogP) is 2.94. The van der Waals surface area contributed by atoms with Crippen molar-refractivity contribution < 1.29 is 9.53 Å². The fraction of sp³-hybridized carbons (Fsp3) is 0.0625. The number of fused-ring (bicyclic) bond motifs is 1. The van der Waals surface area contributed by atoms with Gasteiger partial charge in [0.15, 0.2) is 0 Å². The van der Waals surface area contributed by atoms with Gasteiger partial charge in [-0.15, -0.1) is 0 Å². The van der Waals surface area contributed by atoms with Gasteiger partial charge < -0.3 is 10.5 Å². The molecule has 0 atom stereocenters. The van der Waals surface area contributed by atoms with Gasteiger partial charge in [-0.1, -0.05) is 29.3 Å². The van der Waals surface area contributed by atoms with Crippen molar-refractivity contribution in [1.82, 2.24) is 9.38 Å². The van der Waals surface area contributed by atoms with E-state index in [0.29, 0.717) is 16.4 Å². The van der Waals surface area contributed by atoms with Crippen LogP contribution in [0.3, 0.4) is 0 Å². The standard InChI is InChI=1S/C16H11Cl2N3O3/c17-9-4-5-13-20-10(6-14(22)21(13)7-9)8-24-16(23)11-2-1-3-12(18)15(11)19/h1-7H,8,19H2. The van der Waals surface area contributed by atoms with E-state index >= 15 is 0 Å². The molecule has 0 aliphatic carbocycles. The van der Waals surface area contributed by atoms with Crippen molar-refractivity contribution in [3.63, 3.8) is 0 Å². The molecule has 0 saturated carbocycles. The number of ether oxygens (including phenoxy) is 1. The number of benzene rings is 1. The Labute approximate surface area is 146 Å². The summed E-state index contributed by atoms with van der Waals surface area (Å²) in [6.45, 7) is -0.168. The molecular formula is C16H11Cl2N3O3. The first kappa shape index (κ1) is 16.3. The van der Waals surface area contributed by atoms with Crippen LogP contribution in [0.15, 0.2) is 47.4 Å². The van der Waals surface area contributed by atoms with Gasteiger partial charge in [0.1, 0.15) is 12.3 Å². The van der Waals surface area contributed by atoms with Crippen molar-refractivity contribution in [2.45, 2.75) is 6.61 Å². The molecule has 122 valence electrons. The van der Waals surface area contributed by atoms with Gasteiger partial charge in [-0.25, -0.2) is 9.78 Å². The van der Waals surface area contributed by atoms with E-state index < -0.39 is 5.97 Å². The highest BCUT2D eigenvalue weighted by molar-refractivity contribution is 6.33. The monoisotopic (exact) mass is 363 g/mol. The van der Waals surface area contributed by atoms with Crippen LogP contribution in [-0.4, -0.2) is 15.4 Å². The Morgan fingerprint density at radius 3 is 2.83 bits per heavy atom. The van der Waals surface area contributed by atoms with E-state index in [1.165, 1.54) is 22.7 Å². The molecule has 3 aromatic rings. The minimum Gasteiger partial charge on any atom is -0.456 e. The Balaban J connectivity index is 1.83. The number of aromatic nitrogens is 2. The number of pyridine rings is 1. The van der Waals surface area contributed by atoms with Gasteiger partial charge in [0.2, 0.25) is 0 Å². The molecule has 3 rings (SSSR count). The number of hydrogen-bond acceptors (Lipinski definition) is 5. The number of nitrogen functional groups attached to an aromatic ring is 1. The minimum absolute atomic E-state index is 0.144. The molecule has 0 spiro atoms. The summed E-state index contributed by atoms with van der Waals surface area (Å²) >= 11 is 11.7. The van der Waals surface area contributed by atoms with Gasteiger partial charge in [-0.2, -0.15) is 0 Å². The van der Waals surface area contributed by atoms with E-state index in [2.05, 4.69) is 4.98 Å². The van der Waals surface area contributed by atoms with Crippen LogP contribution >= 0.6 is 23.2 Å². The fourth-order valence-electron chi connectivity index (χ4n) is 2.13. The normalized spacial score (nSPS) is 10.8. The lowest BCUT2D eigenvalue weighted by Gasteiger charge is -2.08. The van der Waals surface area contributed by atoms with Crippen molar-refractivity contribution in [3.05, 3.63) is 74.3 Å². The predicted molar refractivity (Wildman–Crippen MR) is 91.5 cm³/mol. The van der Waals surface area contributed by atoms with Crippen LogP contribution in [0.4, 0.5) is 5.69 Å². The summed E-state index contributed by atoms with van der Waals surface area (Å²) in [6.07, 6.45) is 1.47. The molecule has 0 aliphatic rings. The molecule has 0 saturated heterocycles. The van der Waals surface area contributed by atoms with Crippen molar-refractivity contribution in [2.24, 2.45) is 0 Å². The van der Waals surface area contributed by atoms with E-state index in [1.807, 2.05) is 0 Å². The maximum Gasteiger partial charge on any atom is 0.340 e. The van der Waals surface area contributed by atoms with Gasteiger partial charge in [-0.3, -0.25) is 9.20 Å². The molecule has 2 N–H and O–H groups in total. The molecule has 24 heavy (non-hydrogen) atoms. The van der Waals surface area contributed by atoms with Crippen molar-refractivity contribution in [2.75, 3.05) is 5.73 Å². The zero-order valence-electron chi connectivity index (χ0n) is 12.2. The molecular weight excluding hydrogens is 353 g/mol. The Kier molecular flexibility index (Phi) is 4.42. The number of esters is 1. The topological polar surface area (TPSA) is 86.7 Å². The summed E-state index contributed by atoms with van der Waals surface area (Å²) in [4.78, 5) is 28.4. The average Bonchev–Trinajstić information content (AvgIpc) is 2.56. The first-order valence-corrected chi connectivity index (χ1v) is 7.60. The van der Waals surface area contributed by atoms with Gasteiger partial charge in [0, 0.05) is 12.3 Å². The van der Waals surface area contributed by atoms with Crippen LogP contribution < -0.4 is 11.3 Å². The van der Waals surface area contributed by atoms with Crippen LogP contribution in [0.1, 0.15) is 16.1 Å². The quantitative estimate of drug-likeness (QED) is 0.570. The van der Waals surface area contributed by atoms with Crippen molar-refractivity contribution in [1.29, 1.82) is 0 Å². The number of nitrogens with zero attached hydrogens (tertiary/aromatic N) is 2. The first-order valence-electron chi connectivity index (χ1n) is 6.84. The smallest absolute Gasteiger partial charge is 0.340 e. The summed E-state index contributed by atoms with van der Waals surface area (Å²) in [5.41, 5.74) is 6.45. The second-order valence-electron chi connectivity index (χ2n) is 4.94. The maximum absolute atomic E-state index is 12.1. The number of halogens is 2. The molecule has 2 heterocycles. The van der Waals surface area contributed by atoms with Crippen molar-refractivity contribution >= 4 is 40.5 Å². The lowest BCUT2D eigenvalue weighted by Crippen LogP contribution is -2.17. The van der Waals surface area contributed by atoms with Crippen LogP contribution in [-0.2, 0) is 11.3 Å². The number of hydrogen-bond donors (Lipinski definition) is 1. The maximum atomic E-state index is 12.1. The van der Waals surface area contributed by atoms with E-state index in [1.54, 1.807) is 24.3 Å². The molecule has 0 aliphatic heterocycles. The molecule has 8 heteroatoms. The minimum atomic E-state index is -0.645. The molecule has 0 amide bonds. The highest BCUT2D eigenvalue weighted by Crippen LogP contribution is 2.23. The summed E-state index contributed by atoms with van der Waals surface area (Å²) in [6, 6.07) is 9.17. The third-order valence-electron chi connectivity index (χ3n) is 3.30. The van der Waals surface area contributed by atoms with Crippen LogP contribution in [0.2, 0.25) is 10.0 Å². The third kappa shape index (κ3) is 3.20. The fourth-order valence-corrected chi connectivity index (χ4v) is 2.47. The first-order chi connectivity index (χ1) is 11.5. The molecule has 0 radical (unpaired) electrons. The molecule has 0 bridgehead atoms. The average molecular weight is 364 g/mol. The van der Waals surface area contributed by atoms with E-state index in [4.69, 9.17) is 33.7 Å². The zero-order chi connectivity index (χ0) is 17.3. The molecule has 6 nitrogen and oxygen atoms in total. The highest BCUT2D eigenvalue weighted by atomic mass is 35.5.